The van der Waals surface area contributed by atoms with E-state index in [-0.39, 0.29) is 12.3 Å². The second kappa shape index (κ2) is 7.80. The van der Waals surface area contributed by atoms with Crippen LogP contribution >= 0.6 is 11.6 Å². The molecule has 0 spiro atoms. The second-order valence-electron chi connectivity index (χ2n) is 5.68. The molecule has 0 aliphatic rings. The molecular formula is C18H19ClN4O3. The largest absolute Gasteiger partial charge is 0.458 e. The lowest BCUT2D eigenvalue weighted by molar-refractivity contribution is 0.0378. The summed E-state index contributed by atoms with van der Waals surface area (Å²) in [6.45, 7) is 4.25. The van der Waals surface area contributed by atoms with Gasteiger partial charge in [0, 0.05) is 12.1 Å². The van der Waals surface area contributed by atoms with Crippen LogP contribution in [0.5, 0.6) is 0 Å². The Morgan fingerprint density at radius 2 is 2.08 bits per heavy atom. The highest BCUT2D eigenvalue weighted by molar-refractivity contribution is 6.30. The third-order valence-electron chi connectivity index (χ3n) is 4.00. The van der Waals surface area contributed by atoms with Crippen molar-refractivity contribution in [2.24, 2.45) is 0 Å². The van der Waals surface area contributed by atoms with E-state index in [9.17, 15) is 4.79 Å². The zero-order valence-electron chi connectivity index (χ0n) is 14.8. The number of methoxy groups -OCH3 is 1. The van der Waals surface area contributed by atoms with Gasteiger partial charge in [-0.2, -0.15) is 5.10 Å². The molecule has 1 aromatic carbocycles. The average Bonchev–Trinajstić information content (AvgIpc) is 3.01. The van der Waals surface area contributed by atoms with Crippen LogP contribution in [0.3, 0.4) is 0 Å². The molecule has 0 aliphatic carbocycles. The molecule has 26 heavy (non-hydrogen) atoms. The van der Waals surface area contributed by atoms with Crippen LogP contribution < -0.4 is 0 Å². The summed E-state index contributed by atoms with van der Waals surface area (Å²) in [4.78, 5) is 12.2. The van der Waals surface area contributed by atoms with Gasteiger partial charge in [-0.25, -0.2) is 9.31 Å². The number of hydrogen-bond acceptors (Lipinski definition) is 6. The van der Waals surface area contributed by atoms with Crippen LogP contribution in [0.4, 0.5) is 0 Å². The number of ether oxygens (including phenoxy) is 2. The summed E-state index contributed by atoms with van der Waals surface area (Å²) in [6, 6.07) is 7.50. The van der Waals surface area contributed by atoms with E-state index in [0.717, 1.165) is 16.8 Å². The van der Waals surface area contributed by atoms with Crippen molar-refractivity contribution in [3.8, 4) is 11.1 Å². The van der Waals surface area contributed by atoms with Crippen LogP contribution in [0.1, 0.15) is 28.8 Å². The number of rotatable bonds is 6. The van der Waals surface area contributed by atoms with E-state index < -0.39 is 5.97 Å². The van der Waals surface area contributed by atoms with Gasteiger partial charge < -0.3 is 9.47 Å². The van der Waals surface area contributed by atoms with Crippen molar-refractivity contribution in [1.29, 1.82) is 0 Å². The van der Waals surface area contributed by atoms with E-state index in [1.165, 1.54) is 0 Å². The Labute approximate surface area is 155 Å². The first-order chi connectivity index (χ1) is 12.6. The zero-order chi connectivity index (χ0) is 18.7. The van der Waals surface area contributed by atoms with Crippen LogP contribution in [0.15, 0.2) is 24.3 Å². The fourth-order valence-corrected chi connectivity index (χ4v) is 2.90. The normalized spacial score (nSPS) is 11.1. The number of hydrogen-bond donors (Lipinski definition) is 0. The molecule has 8 heteroatoms. The molecular weight excluding hydrogens is 356 g/mol. The quantitative estimate of drug-likeness (QED) is 0.487. The van der Waals surface area contributed by atoms with Crippen molar-refractivity contribution < 1.29 is 14.3 Å². The molecule has 3 aromatic rings. The molecule has 0 aliphatic heterocycles. The van der Waals surface area contributed by atoms with Crippen molar-refractivity contribution in [2.75, 3.05) is 20.3 Å². The molecule has 0 bridgehead atoms. The van der Waals surface area contributed by atoms with Crippen LogP contribution in [0.25, 0.3) is 16.8 Å². The van der Waals surface area contributed by atoms with Crippen LogP contribution in [0.2, 0.25) is 5.02 Å². The molecule has 2 aromatic heterocycles. The Bertz CT molecular complexity index is 955. The first-order valence-electron chi connectivity index (χ1n) is 8.23. The maximum Gasteiger partial charge on any atom is 0.360 e. The number of aryl methyl sites for hydroxylation is 2. The van der Waals surface area contributed by atoms with Crippen molar-refractivity contribution in [1.82, 2.24) is 19.8 Å². The third kappa shape index (κ3) is 3.40. The summed E-state index contributed by atoms with van der Waals surface area (Å²) in [7, 11) is 1.54. The van der Waals surface area contributed by atoms with Crippen LogP contribution in [-0.2, 0) is 15.9 Å². The van der Waals surface area contributed by atoms with Crippen LogP contribution in [0, 0.1) is 6.92 Å². The number of halogens is 1. The van der Waals surface area contributed by atoms with E-state index in [1.54, 1.807) is 18.5 Å². The van der Waals surface area contributed by atoms with Gasteiger partial charge >= 0.3 is 5.97 Å². The molecule has 0 atom stereocenters. The maximum absolute atomic E-state index is 12.2. The molecule has 0 radical (unpaired) electrons. The minimum absolute atomic E-state index is 0.136. The smallest absolute Gasteiger partial charge is 0.360 e. The lowest BCUT2D eigenvalue weighted by Crippen LogP contribution is -2.16. The Kier molecular flexibility index (Phi) is 5.49. The standard InChI is InChI=1S/C18H19ClN4O3/c1-4-14-15(12-6-5-7-13(19)10-12)17-21-20-16(11(2)23(17)22-14)18(24)26-9-8-25-3/h5-7,10H,4,8-9H2,1-3H3. The molecule has 3 rings (SSSR count). The van der Waals surface area contributed by atoms with E-state index in [4.69, 9.17) is 21.1 Å². The Morgan fingerprint density at radius 3 is 2.77 bits per heavy atom. The number of carbonyl (C=O) groups excluding carboxylic acids is 1. The van der Waals surface area contributed by atoms with Gasteiger partial charge in [-0.1, -0.05) is 30.7 Å². The average molecular weight is 375 g/mol. The highest BCUT2D eigenvalue weighted by Gasteiger charge is 2.22. The van der Waals surface area contributed by atoms with Gasteiger partial charge in [0.1, 0.15) is 6.61 Å². The molecule has 2 heterocycles. The van der Waals surface area contributed by atoms with Gasteiger partial charge in [0.25, 0.3) is 0 Å². The molecule has 7 nitrogen and oxygen atoms in total. The predicted molar refractivity (Wildman–Crippen MR) is 97.5 cm³/mol. The van der Waals surface area contributed by atoms with E-state index >= 15 is 0 Å². The van der Waals surface area contributed by atoms with Gasteiger partial charge in [-0.15, -0.1) is 10.2 Å². The number of aromatic nitrogens is 4. The SMILES string of the molecule is CCc1nn2c(C)c(C(=O)OCCOC)nnc2c1-c1cccc(Cl)c1. The summed E-state index contributed by atoms with van der Waals surface area (Å²) < 4.78 is 11.7. The second-order valence-corrected chi connectivity index (χ2v) is 6.12. The number of benzene rings is 1. The minimum Gasteiger partial charge on any atom is -0.458 e. The summed E-state index contributed by atoms with van der Waals surface area (Å²) in [6.07, 6.45) is 0.707. The van der Waals surface area contributed by atoms with Crippen molar-refractivity contribution in [3.63, 3.8) is 0 Å². The number of carbonyl (C=O) groups is 1. The number of esters is 1. The fourth-order valence-electron chi connectivity index (χ4n) is 2.71. The fraction of sp³-hybridized carbons (Fsp3) is 0.333. The molecule has 0 N–H and O–H groups in total. The lowest BCUT2D eigenvalue weighted by atomic mass is 10.0. The molecule has 0 saturated carbocycles. The summed E-state index contributed by atoms with van der Waals surface area (Å²) in [5.41, 5.74) is 3.92. The van der Waals surface area contributed by atoms with Crippen molar-refractivity contribution >= 4 is 23.2 Å². The highest BCUT2D eigenvalue weighted by atomic mass is 35.5. The number of fused-ring (bicyclic) bond motifs is 1. The lowest BCUT2D eigenvalue weighted by Gasteiger charge is -2.07. The topological polar surface area (TPSA) is 78.6 Å². The first kappa shape index (κ1) is 18.3. The van der Waals surface area contributed by atoms with Gasteiger partial charge in [-0.3, -0.25) is 0 Å². The molecule has 0 fully saturated rings. The van der Waals surface area contributed by atoms with Gasteiger partial charge in [0.2, 0.25) is 0 Å². The highest BCUT2D eigenvalue weighted by Crippen LogP contribution is 2.30. The molecule has 0 saturated heterocycles. The third-order valence-corrected chi connectivity index (χ3v) is 4.24. The van der Waals surface area contributed by atoms with E-state index in [2.05, 4.69) is 15.3 Å². The van der Waals surface area contributed by atoms with E-state index in [0.29, 0.717) is 29.4 Å². The van der Waals surface area contributed by atoms with Gasteiger partial charge in [0.05, 0.1) is 23.6 Å². The number of nitrogens with zero attached hydrogens (tertiary/aromatic N) is 4. The van der Waals surface area contributed by atoms with Gasteiger partial charge in [-0.05, 0) is 31.0 Å². The summed E-state index contributed by atoms with van der Waals surface area (Å²) in [5, 5.41) is 13.6. The summed E-state index contributed by atoms with van der Waals surface area (Å²) in [5.74, 6) is -0.549. The van der Waals surface area contributed by atoms with E-state index in [1.807, 2.05) is 31.2 Å². The minimum atomic E-state index is -0.549. The maximum atomic E-state index is 12.2. The predicted octanol–water partition coefficient (Wildman–Crippen LogP) is 3.12. The molecule has 0 amide bonds. The molecule has 136 valence electrons. The van der Waals surface area contributed by atoms with Crippen molar-refractivity contribution in [2.45, 2.75) is 20.3 Å². The Hall–Kier alpha value is -2.51. The van der Waals surface area contributed by atoms with Crippen LogP contribution in [-0.4, -0.2) is 46.1 Å². The Morgan fingerprint density at radius 1 is 1.27 bits per heavy atom. The Balaban J connectivity index is 2.09. The monoisotopic (exact) mass is 374 g/mol. The molecule has 0 unspecified atom stereocenters. The first-order valence-corrected chi connectivity index (χ1v) is 8.61. The van der Waals surface area contributed by atoms with Gasteiger partial charge in [0.15, 0.2) is 11.3 Å². The zero-order valence-corrected chi connectivity index (χ0v) is 15.6. The summed E-state index contributed by atoms with van der Waals surface area (Å²) >= 11 is 6.13. The van der Waals surface area contributed by atoms with Crippen molar-refractivity contribution in [3.05, 3.63) is 46.4 Å².